The number of hydrogen-bond acceptors (Lipinski definition) is 5. The summed E-state index contributed by atoms with van der Waals surface area (Å²) < 4.78 is 17.2. The van der Waals surface area contributed by atoms with Crippen LogP contribution in [0.2, 0.25) is 0 Å². The van der Waals surface area contributed by atoms with Gasteiger partial charge >= 0.3 is 0 Å². The first-order valence-corrected chi connectivity index (χ1v) is 12.1. The van der Waals surface area contributed by atoms with Gasteiger partial charge in [-0.25, -0.2) is 0 Å². The van der Waals surface area contributed by atoms with Crippen LogP contribution in [0.5, 0.6) is 5.75 Å². The van der Waals surface area contributed by atoms with Gasteiger partial charge in [0.25, 0.3) is 5.91 Å². The highest BCUT2D eigenvalue weighted by molar-refractivity contribution is 6.05. The third-order valence-corrected chi connectivity index (χ3v) is 6.17. The highest BCUT2D eigenvalue weighted by Crippen LogP contribution is 2.39. The Kier molecular flexibility index (Phi) is 7.36. The zero-order chi connectivity index (χ0) is 25.5. The number of benzene rings is 4. The average molecular weight is 493 g/mol. The van der Waals surface area contributed by atoms with E-state index in [4.69, 9.17) is 14.2 Å². The molecule has 1 aliphatic heterocycles. The lowest BCUT2D eigenvalue weighted by atomic mass is 10.0. The predicted molar refractivity (Wildman–Crippen MR) is 145 cm³/mol. The van der Waals surface area contributed by atoms with Crippen LogP contribution in [0.15, 0.2) is 121 Å². The number of methoxy groups -OCH3 is 1. The Bertz CT molecular complexity index is 1360. The van der Waals surface area contributed by atoms with E-state index >= 15 is 0 Å². The molecule has 0 bridgehead atoms. The summed E-state index contributed by atoms with van der Waals surface area (Å²) in [6.45, 7) is 0.167. The van der Waals surface area contributed by atoms with Gasteiger partial charge in [0.15, 0.2) is 5.76 Å². The SMILES string of the molecule is COc1ccc(C(=O)Nc2ccccc2)cc1N(c1ccccc1)C(Cc1ccccc1)C1=COCO1. The lowest BCUT2D eigenvalue weighted by Gasteiger charge is -2.35. The maximum atomic E-state index is 13.2. The number of anilines is 3. The van der Waals surface area contributed by atoms with Gasteiger partial charge in [-0.15, -0.1) is 0 Å². The molecule has 4 aromatic carbocycles. The van der Waals surface area contributed by atoms with E-state index in [1.165, 1.54) is 0 Å². The number of carbonyl (C=O) groups is 1. The minimum atomic E-state index is -0.256. The van der Waals surface area contributed by atoms with Gasteiger partial charge in [0.05, 0.1) is 18.8 Å². The molecule has 1 unspecified atom stereocenters. The van der Waals surface area contributed by atoms with E-state index in [-0.39, 0.29) is 18.7 Å². The maximum absolute atomic E-state index is 13.2. The number of nitrogens with zero attached hydrogens (tertiary/aromatic N) is 1. The van der Waals surface area contributed by atoms with E-state index in [9.17, 15) is 4.79 Å². The Morgan fingerprint density at radius 3 is 2.24 bits per heavy atom. The summed E-state index contributed by atoms with van der Waals surface area (Å²) in [4.78, 5) is 15.4. The molecular formula is C31H28N2O4. The fourth-order valence-corrected chi connectivity index (χ4v) is 4.40. The predicted octanol–water partition coefficient (Wildman–Crippen LogP) is 6.54. The van der Waals surface area contributed by atoms with Gasteiger partial charge in [-0.2, -0.15) is 0 Å². The van der Waals surface area contributed by atoms with Crippen molar-refractivity contribution in [3.05, 3.63) is 132 Å². The summed E-state index contributed by atoms with van der Waals surface area (Å²) in [5.74, 6) is 1.13. The number of hydrogen-bond donors (Lipinski definition) is 1. The van der Waals surface area contributed by atoms with Gasteiger partial charge in [0.2, 0.25) is 6.79 Å². The third-order valence-electron chi connectivity index (χ3n) is 6.17. The monoisotopic (exact) mass is 492 g/mol. The van der Waals surface area contributed by atoms with Crippen LogP contribution in [0.4, 0.5) is 17.1 Å². The second-order valence-electron chi connectivity index (χ2n) is 8.57. The number of ether oxygens (including phenoxy) is 3. The number of rotatable bonds is 9. The molecule has 0 aromatic heterocycles. The normalized spacial score (nSPS) is 13.1. The lowest BCUT2D eigenvalue weighted by molar-refractivity contribution is 0.0755. The molecule has 1 atom stereocenters. The summed E-state index contributed by atoms with van der Waals surface area (Å²) in [6.07, 6.45) is 2.32. The second-order valence-corrected chi connectivity index (χ2v) is 8.57. The molecule has 1 aliphatic rings. The van der Waals surface area contributed by atoms with Crippen molar-refractivity contribution in [1.82, 2.24) is 0 Å². The molecule has 0 fully saturated rings. The van der Waals surface area contributed by atoms with E-state index < -0.39 is 0 Å². The van der Waals surface area contributed by atoms with Gasteiger partial charge in [-0.05, 0) is 48.0 Å². The molecule has 186 valence electrons. The molecule has 0 radical (unpaired) electrons. The van der Waals surface area contributed by atoms with E-state index in [1.807, 2.05) is 91.0 Å². The zero-order valence-corrected chi connectivity index (χ0v) is 20.5. The number of amides is 1. The molecule has 0 saturated heterocycles. The van der Waals surface area contributed by atoms with Gasteiger partial charge in [0.1, 0.15) is 12.0 Å². The van der Waals surface area contributed by atoms with Crippen LogP contribution in [0.3, 0.4) is 0 Å². The average Bonchev–Trinajstić information content (AvgIpc) is 3.49. The first-order valence-electron chi connectivity index (χ1n) is 12.1. The summed E-state index contributed by atoms with van der Waals surface area (Å²) in [6, 6.07) is 34.8. The summed E-state index contributed by atoms with van der Waals surface area (Å²) in [5, 5.41) is 2.97. The van der Waals surface area contributed by atoms with E-state index in [2.05, 4.69) is 22.3 Å². The third kappa shape index (κ3) is 5.59. The molecule has 1 amide bonds. The summed E-state index contributed by atoms with van der Waals surface area (Å²) in [7, 11) is 1.63. The van der Waals surface area contributed by atoms with Crippen molar-refractivity contribution in [2.24, 2.45) is 0 Å². The van der Waals surface area contributed by atoms with Crippen LogP contribution >= 0.6 is 0 Å². The van der Waals surface area contributed by atoms with Crippen LogP contribution < -0.4 is 15.0 Å². The molecule has 1 N–H and O–H groups in total. The minimum Gasteiger partial charge on any atom is -0.495 e. The van der Waals surface area contributed by atoms with Gasteiger partial charge in [-0.1, -0.05) is 66.7 Å². The van der Waals surface area contributed by atoms with E-state index in [0.29, 0.717) is 23.5 Å². The van der Waals surface area contributed by atoms with Crippen molar-refractivity contribution in [1.29, 1.82) is 0 Å². The Balaban J connectivity index is 1.60. The van der Waals surface area contributed by atoms with Crippen LogP contribution in [-0.4, -0.2) is 25.9 Å². The fourth-order valence-electron chi connectivity index (χ4n) is 4.40. The molecular weight excluding hydrogens is 464 g/mol. The standard InChI is InChI=1S/C31H28N2O4/c1-35-29-18-17-24(31(34)32-25-13-7-3-8-14-25)20-28(29)33(26-15-9-4-10-16-26)27(30-21-36-22-37-30)19-23-11-5-2-6-12-23/h2-18,20-21,27H,19,22H2,1H3,(H,32,34). The van der Waals surface area contributed by atoms with E-state index in [1.54, 1.807) is 19.4 Å². The Labute approximate surface area is 216 Å². The molecule has 1 heterocycles. The molecule has 6 nitrogen and oxygen atoms in total. The van der Waals surface area contributed by atoms with Gasteiger partial charge < -0.3 is 24.4 Å². The van der Waals surface area contributed by atoms with Crippen molar-refractivity contribution in [2.45, 2.75) is 12.5 Å². The van der Waals surface area contributed by atoms with Crippen molar-refractivity contribution in [2.75, 3.05) is 24.1 Å². The molecule has 0 spiro atoms. The van der Waals surface area contributed by atoms with Crippen molar-refractivity contribution < 1.29 is 19.0 Å². The fraction of sp³-hybridized carbons (Fsp3) is 0.129. The second kappa shape index (κ2) is 11.4. The smallest absolute Gasteiger partial charge is 0.255 e. The first-order chi connectivity index (χ1) is 18.2. The highest BCUT2D eigenvalue weighted by Gasteiger charge is 2.31. The maximum Gasteiger partial charge on any atom is 0.255 e. The summed E-state index contributed by atoms with van der Waals surface area (Å²) >= 11 is 0. The molecule has 4 aromatic rings. The minimum absolute atomic E-state index is 0.167. The molecule has 6 heteroatoms. The van der Waals surface area contributed by atoms with Crippen molar-refractivity contribution in [3.63, 3.8) is 0 Å². The topological polar surface area (TPSA) is 60.0 Å². The van der Waals surface area contributed by atoms with Crippen LogP contribution in [0.1, 0.15) is 15.9 Å². The van der Waals surface area contributed by atoms with E-state index in [0.717, 1.165) is 22.6 Å². The molecule has 0 saturated carbocycles. The number of para-hydroxylation sites is 2. The summed E-state index contributed by atoms with van der Waals surface area (Å²) in [5.41, 5.74) is 4.05. The van der Waals surface area contributed by atoms with Crippen molar-refractivity contribution >= 4 is 23.0 Å². The van der Waals surface area contributed by atoms with Crippen LogP contribution in [-0.2, 0) is 15.9 Å². The van der Waals surface area contributed by atoms with Gasteiger partial charge in [0, 0.05) is 23.4 Å². The lowest BCUT2D eigenvalue weighted by Crippen LogP contribution is -2.35. The highest BCUT2D eigenvalue weighted by atomic mass is 16.7. The quantitative estimate of drug-likeness (QED) is 0.287. The van der Waals surface area contributed by atoms with Crippen molar-refractivity contribution in [3.8, 4) is 5.75 Å². The molecule has 37 heavy (non-hydrogen) atoms. The number of carbonyl (C=O) groups excluding carboxylic acids is 1. The van der Waals surface area contributed by atoms with Crippen LogP contribution in [0, 0.1) is 0 Å². The Morgan fingerprint density at radius 2 is 1.59 bits per heavy atom. The Morgan fingerprint density at radius 1 is 0.919 bits per heavy atom. The largest absolute Gasteiger partial charge is 0.495 e. The van der Waals surface area contributed by atoms with Crippen LogP contribution in [0.25, 0.3) is 0 Å². The molecule has 5 rings (SSSR count). The zero-order valence-electron chi connectivity index (χ0n) is 20.5. The van der Waals surface area contributed by atoms with Gasteiger partial charge in [-0.3, -0.25) is 4.79 Å². The molecule has 0 aliphatic carbocycles. The Hall–Kier alpha value is -4.71. The number of nitrogens with one attached hydrogen (secondary N) is 1. The first kappa shape index (κ1) is 24.0.